The van der Waals surface area contributed by atoms with Crippen LogP contribution >= 0.6 is 0 Å². The highest BCUT2D eigenvalue weighted by Gasteiger charge is 2.27. The second-order valence-electron chi connectivity index (χ2n) is 5.22. The minimum absolute atomic E-state index is 0.00110. The fourth-order valence-electron chi connectivity index (χ4n) is 1.66. The van der Waals surface area contributed by atoms with E-state index in [0.717, 1.165) is 11.3 Å². The lowest BCUT2D eigenvalue weighted by Gasteiger charge is -2.18. The summed E-state index contributed by atoms with van der Waals surface area (Å²) in [6.45, 7) is 7.71. The Morgan fingerprint density at radius 1 is 1.61 bits per heavy atom. The Morgan fingerprint density at radius 3 is 2.89 bits per heavy atom. The highest BCUT2D eigenvalue weighted by Crippen LogP contribution is 2.23. The van der Waals surface area contributed by atoms with E-state index in [2.05, 4.69) is 5.10 Å². The summed E-state index contributed by atoms with van der Waals surface area (Å²) in [4.78, 5) is 21.4. The summed E-state index contributed by atoms with van der Waals surface area (Å²) in [5, 5.41) is 4.15. The van der Waals surface area contributed by atoms with Gasteiger partial charge in [0.05, 0.1) is 12.3 Å². The van der Waals surface area contributed by atoms with Gasteiger partial charge in [0.2, 0.25) is 0 Å². The van der Waals surface area contributed by atoms with E-state index in [4.69, 9.17) is 14.4 Å². The summed E-state index contributed by atoms with van der Waals surface area (Å²) >= 11 is 0. The van der Waals surface area contributed by atoms with Crippen molar-refractivity contribution in [2.24, 2.45) is 0 Å². The normalized spacial score (nSPS) is 19.7. The van der Waals surface area contributed by atoms with Crippen molar-refractivity contribution in [3.8, 4) is 0 Å². The van der Waals surface area contributed by atoms with Gasteiger partial charge in [0.1, 0.15) is 5.60 Å². The number of ether oxygens (including phenoxy) is 1. The van der Waals surface area contributed by atoms with E-state index in [1.165, 1.54) is 4.68 Å². The molecule has 1 aliphatic heterocycles. The fourth-order valence-corrected chi connectivity index (χ4v) is 1.66. The molecule has 2 rings (SSSR count). The van der Waals surface area contributed by atoms with Crippen LogP contribution in [0.3, 0.4) is 0 Å². The molecule has 0 spiro atoms. The summed E-state index contributed by atoms with van der Waals surface area (Å²) < 4.78 is 6.45. The number of rotatable bonds is 1. The molecule has 97 valence electrons. The number of aromatic nitrogens is 2. The molecule has 0 aliphatic carbocycles. The molecule has 1 fully saturated rings. The van der Waals surface area contributed by atoms with Gasteiger partial charge in [-0.3, -0.25) is 4.89 Å². The van der Waals surface area contributed by atoms with Crippen LogP contribution in [0.5, 0.6) is 0 Å². The monoisotopic (exact) mass is 251 g/mol. The van der Waals surface area contributed by atoms with E-state index in [9.17, 15) is 4.79 Å². The van der Waals surface area contributed by atoms with Gasteiger partial charge in [-0.25, -0.2) is 4.79 Å². The highest BCUT2D eigenvalue weighted by atomic mass is 17.2. The van der Waals surface area contributed by atoms with Crippen molar-refractivity contribution in [2.75, 3.05) is 6.61 Å². The smallest absolute Gasteiger partial charge is 0.435 e. The quantitative estimate of drug-likeness (QED) is 0.560. The molecule has 2 heterocycles. The Hall–Kier alpha value is -1.34. The topological polar surface area (TPSA) is 62.6 Å². The molecule has 1 aromatic heterocycles. The third-order valence-corrected chi connectivity index (χ3v) is 2.45. The number of hydrogen-bond donors (Lipinski definition) is 0. The molecule has 0 bridgehead atoms. The third-order valence-electron chi connectivity index (χ3n) is 2.45. The minimum Gasteiger partial charge on any atom is -0.442 e. The summed E-state index contributed by atoms with van der Waals surface area (Å²) in [5.74, 6) is 0.00110. The maximum Gasteiger partial charge on any atom is 0.435 e. The van der Waals surface area contributed by atoms with E-state index in [0.29, 0.717) is 6.61 Å². The van der Waals surface area contributed by atoms with Crippen LogP contribution in [0.4, 0.5) is 4.79 Å². The van der Waals surface area contributed by atoms with Crippen molar-refractivity contribution in [3.05, 3.63) is 17.5 Å². The predicted octanol–water partition coefficient (Wildman–Crippen LogP) is 1.60. The van der Waals surface area contributed by atoms with Gasteiger partial charge in [0.25, 0.3) is 0 Å². The first-order valence-electron chi connectivity index (χ1n) is 5.78. The van der Waals surface area contributed by atoms with Crippen molar-refractivity contribution in [2.45, 2.75) is 39.1 Å². The zero-order chi connectivity index (χ0) is 13.3. The largest absolute Gasteiger partial charge is 0.442 e. The second kappa shape index (κ2) is 4.74. The molecule has 18 heavy (non-hydrogen) atoms. The van der Waals surface area contributed by atoms with E-state index in [-0.39, 0.29) is 5.82 Å². The van der Waals surface area contributed by atoms with Crippen molar-refractivity contribution < 1.29 is 19.2 Å². The Labute approximate surface area is 106 Å². The SMILES string of the molecule is Cc1nn(C(=O)OC(C)(C)C)cc1C1[B]OOC1. The number of carbonyl (C=O) groups excluding carboxylic acids is 1. The molecule has 7 heteroatoms. The second-order valence-corrected chi connectivity index (χ2v) is 5.22. The van der Waals surface area contributed by atoms with Crippen LogP contribution in [-0.4, -0.2) is 35.6 Å². The average molecular weight is 251 g/mol. The first-order chi connectivity index (χ1) is 8.37. The summed E-state index contributed by atoms with van der Waals surface area (Å²) in [5.41, 5.74) is 1.12. The van der Waals surface area contributed by atoms with Crippen LogP contribution in [0.2, 0.25) is 0 Å². The molecule has 6 nitrogen and oxygen atoms in total. The molecule has 1 atom stereocenters. The van der Waals surface area contributed by atoms with Crippen LogP contribution in [-0.2, 0) is 14.4 Å². The van der Waals surface area contributed by atoms with Crippen LogP contribution in [0, 0.1) is 6.92 Å². The number of nitrogens with zero attached hydrogens (tertiary/aromatic N) is 2. The standard InChI is InChI=1S/C11H16BN2O4/c1-7-8(9-6-16-18-12-9)5-14(13-7)10(15)17-11(2,3)4/h5,9H,6H2,1-4H3. The molecular weight excluding hydrogens is 235 g/mol. The Morgan fingerprint density at radius 2 is 2.33 bits per heavy atom. The van der Waals surface area contributed by atoms with Crippen LogP contribution < -0.4 is 0 Å². The zero-order valence-corrected chi connectivity index (χ0v) is 11.0. The minimum atomic E-state index is -0.539. The fraction of sp³-hybridized carbons (Fsp3) is 0.636. The molecular formula is C11H16BN2O4. The van der Waals surface area contributed by atoms with Gasteiger partial charge in [-0.2, -0.15) is 9.78 Å². The Balaban J connectivity index is 2.15. The van der Waals surface area contributed by atoms with E-state index >= 15 is 0 Å². The van der Waals surface area contributed by atoms with Gasteiger partial charge in [0.15, 0.2) is 0 Å². The lowest BCUT2D eigenvalue weighted by Crippen LogP contribution is -2.27. The summed E-state index contributed by atoms with van der Waals surface area (Å²) in [6.07, 6.45) is 1.17. The van der Waals surface area contributed by atoms with Crippen molar-refractivity contribution in [1.29, 1.82) is 0 Å². The molecule has 0 N–H and O–H groups in total. The lowest BCUT2D eigenvalue weighted by atomic mass is 9.77. The summed E-state index contributed by atoms with van der Waals surface area (Å²) in [7, 11) is 1.59. The average Bonchev–Trinajstić information content (AvgIpc) is 2.82. The molecule has 0 saturated carbocycles. The number of aryl methyl sites for hydroxylation is 1. The molecule has 0 aromatic carbocycles. The maximum absolute atomic E-state index is 11.8. The van der Waals surface area contributed by atoms with Crippen LogP contribution in [0.25, 0.3) is 0 Å². The Bertz CT molecular complexity index is 446. The van der Waals surface area contributed by atoms with E-state index in [1.54, 1.807) is 13.7 Å². The first-order valence-corrected chi connectivity index (χ1v) is 5.78. The van der Waals surface area contributed by atoms with Crippen molar-refractivity contribution in [1.82, 2.24) is 9.78 Å². The van der Waals surface area contributed by atoms with Crippen LogP contribution in [0.1, 0.15) is 37.8 Å². The number of carbonyl (C=O) groups is 1. The van der Waals surface area contributed by atoms with Crippen LogP contribution in [0.15, 0.2) is 6.20 Å². The predicted molar refractivity (Wildman–Crippen MR) is 64.1 cm³/mol. The number of hydrogen-bond acceptors (Lipinski definition) is 5. The molecule has 1 aromatic rings. The van der Waals surface area contributed by atoms with Crippen molar-refractivity contribution in [3.63, 3.8) is 0 Å². The molecule has 1 aliphatic rings. The summed E-state index contributed by atoms with van der Waals surface area (Å²) in [6, 6.07) is 0. The Kier molecular flexibility index (Phi) is 3.45. The van der Waals surface area contributed by atoms with E-state index < -0.39 is 11.7 Å². The van der Waals surface area contributed by atoms with E-state index in [1.807, 2.05) is 27.7 Å². The van der Waals surface area contributed by atoms with Crippen molar-refractivity contribution >= 4 is 13.6 Å². The molecule has 1 saturated heterocycles. The highest BCUT2D eigenvalue weighted by molar-refractivity contribution is 6.30. The molecule has 1 unspecified atom stereocenters. The molecule has 1 radical (unpaired) electrons. The third kappa shape index (κ3) is 2.91. The van der Waals surface area contributed by atoms with Gasteiger partial charge in [-0.05, 0) is 33.3 Å². The lowest BCUT2D eigenvalue weighted by molar-refractivity contribution is -0.183. The van der Waals surface area contributed by atoms with Gasteiger partial charge in [-0.1, -0.05) is 0 Å². The zero-order valence-electron chi connectivity index (χ0n) is 11.0. The van der Waals surface area contributed by atoms with Gasteiger partial charge >= 0.3 is 13.6 Å². The molecule has 0 amide bonds. The first kappa shape index (κ1) is 13.1. The maximum atomic E-state index is 11.8. The van der Waals surface area contributed by atoms with Gasteiger partial charge in [-0.15, -0.1) is 0 Å². The van der Waals surface area contributed by atoms with Gasteiger partial charge < -0.3 is 9.54 Å². The van der Waals surface area contributed by atoms with Gasteiger partial charge in [0, 0.05) is 12.0 Å².